The lowest BCUT2D eigenvalue weighted by Gasteiger charge is -2.09. The van der Waals surface area contributed by atoms with E-state index in [0.29, 0.717) is 30.6 Å². The van der Waals surface area contributed by atoms with Gasteiger partial charge in [-0.25, -0.2) is 0 Å². The summed E-state index contributed by atoms with van der Waals surface area (Å²) in [5.74, 6) is -0.868. The summed E-state index contributed by atoms with van der Waals surface area (Å²) in [4.78, 5) is 48.9. The topological polar surface area (TPSA) is 147 Å². The predicted molar refractivity (Wildman–Crippen MR) is 200 cm³/mol. The second-order valence-corrected chi connectivity index (χ2v) is 14.8. The highest BCUT2D eigenvalue weighted by Crippen LogP contribution is 2.19. The van der Waals surface area contributed by atoms with Gasteiger partial charge in [-0.3, -0.25) is 23.7 Å². The van der Waals surface area contributed by atoms with Crippen molar-refractivity contribution in [1.29, 1.82) is 0 Å². The molecule has 0 saturated carbocycles. The molecule has 0 aliphatic carbocycles. The molecule has 0 heterocycles. The Morgan fingerprint density at radius 3 is 1.40 bits per heavy atom. The van der Waals surface area contributed by atoms with Gasteiger partial charge in [0.1, 0.15) is 0 Å². The highest BCUT2D eigenvalue weighted by Gasteiger charge is 2.18. The van der Waals surface area contributed by atoms with Crippen molar-refractivity contribution in [1.82, 2.24) is 10.6 Å². The van der Waals surface area contributed by atoms with Crippen LogP contribution < -0.4 is 10.6 Å². The maximum absolute atomic E-state index is 12.9. The van der Waals surface area contributed by atoms with E-state index in [1.165, 1.54) is 57.9 Å². The van der Waals surface area contributed by atoms with Crippen LogP contribution in [0.4, 0.5) is 0 Å². The molecule has 50 heavy (non-hydrogen) atoms. The Bertz CT molecular complexity index is 1440. The first kappa shape index (κ1) is 42.8. The van der Waals surface area contributed by atoms with E-state index >= 15 is 0 Å². The molecule has 0 fully saturated rings. The zero-order chi connectivity index (χ0) is 36.6. The first-order chi connectivity index (χ1) is 24.0. The van der Waals surface area contributed by atoms with Crippen molar-refractivity contribution in [3.05, 3.63) is 64.7 Å². The molecule has 0 saturated heterocycles. The van der Waals surface area contributed by atoms with Crippen LogP contribution in [0, 0.1) is 0 Å². The number of Topliss-reactive ketones (excluding diaryl/α,β-unsaturated/α-hetero) is 2. The third-order valence-corrected chi connectivity index (χ3v) is 9.86. The molecule has 9 nitrogen and oxygen atoms in total. The Labute approximate surface area is 300 Å². The van der Waals surface area contributed by atoms with Gasteiger partial charge in [0.15, 0.2) is 11.6 Å². The third-order valence-electron chi connectivity index (χ3n) is 9.02. The smallest absolute Gasteiger partial charge is 0.294 e. The summed E-state index contributed by atoms with van der Waals surface area (Å²) in [6, 6.07) is 10.3. The molecule has 0 aromatic heterocycles. The number of unbranched alkanes of at least 4 members (excludes halogenated alkanes) is 17. The quantitative estimate of drug-likeness (QED) is 0.0453. The zero-order valence-electron chi connectivity index (χ0n) is 30.4. The number of hydrogen-bond acceptors (Lipinski definition) is 6. The van der Waals surface area contributed by atoms with Crippen molar-refractivity contribution in [3.8, 4) is 0 Å². The molecule has 2 aromatic carbocycles. The number of benzene rings is 2. The van der Waals surface area contributed by atoms with E-state index in [0.717, 1.165) is 82.8 Å². The number of amides is 2. The second-order valence-electron chi connectivity index (χ2n) is 13.4. The molecule has 2 amide bonds. The third kappa shape index (κ3) is 18.0. The number of hydrogen-bond donors (Lipinski definition) is 3. The van der Waals surface area contributed by atoms with Crippen LogP contribution in [0.15, 0.2) is 47.4 Å². The Balaban J connectivity index is 1.60. The first-order valence-corrected chi connectivity index (χ1v) is 20.3. The van der Waals surface area contributed by atoms with Crippen molar-refractivity contribution in [2.75, 3.05) is 13.1 Å². The average Bonchev–Trinajstić information content (AvgIpc) is 3.10. The van der Waals surface area contributed by atoms with Gasteiger partial charge < -0.3 is 10.6 Å². The van der Waals surface area contributed by atoms with E-state index in [-0.39, 0.29) is 35.0 Å². The van der Waals surface area contributed by atoms with Gasteiger partial charge in [0.2, 0.25) is 0 Å². The summed E-state index contributed by atoms with van der Waals surface area (Å²) in [6.07, 6.45) is 20.9. The lowest BCUT2D eigenvalue weighted by atomic mass is 10.0. The molecule has 278 valence electrons. The van der Waals surface area contributed by atoms with Crippen LogP contribution in [0.1, 0.15) is 184 Å². The lowest BCUT2D eigenvalue weighted by molar-refractivity contribution is 0.0943. The summed E-state index contributed by atoms with van der Waals surface area (Å²) < 4.78 is 33.4. The minimum atomic E-state index is -4.59. The fraction of sp³-hybridized carbons (Fsp3) is 0.600. The van der Waals surface area contributed by atoms with Crippen molar-refractivity contribution >= 4 is 33.5 Å². The van der Waals surface area contributed by atoms with E-state index in [1.54, 1.807) is 24.3 Å². The van der Waals surface area contributed by atoms with Gasteiger partial charge >= 0.3 is 0 Å². The normalized spacial score (nSPS) is 11.3. The van der Waals surface area contributed by atoms with E-state index in [1.807, 2.05) is 0 Å². The molecule has 10 heteroatoms. The minimum Gasteiger partial charge on any atom is -0.352 e. The van der Waals surface area contributed by atoms with Gasteiger partial charge in [0.05, 0.1) is 4.90 Å². The van der Waals surface area contributed by atoms with Gasteiger partial charge in [-0.1, -0.05) is 122 Å². The van der Waals surface area contributed by atoms with E-state index in [4.69, 9.17) is 0 Å². The van der Waals surface area contributed by atoms with Gasteiger partial charge in [-0.15, -0.1) is 0 Å². The van der Waals surface area contributed by atoms with Crippen molar-refractivity contribution in [2.24, 2.45) is 0 Å². The van der Waals surface area contributed by atoms with Crippen molar-refractivity contribution in [2.45, 2.75) is 147 Å². The largest absolute Gasteiger partial charge is 0.352 e. The highest BCUT2D eigenvalue weighted by atomic mass is 32.2. The maximum Gasteiger partial charge on any atom is 0.294 e. The molecule has 0 aliphatic rings. The highest BCUT2D eigenvalue weighted by molar-refractivity contribution is 7.85. The fourth-order valence-corrected chi connectivity index (χ4v) is 6.46. The molecule has 2 aromatic rings. The van der Waals surface area contributed by atoms with Crippen LogP contribution in [0.25, 0.3) is 0 Å². The Kier molecular flexibility index (Phi) is 21.2. The monoisotopic (exact) mass is 712 g/mol. The average molecular weight is 713 g/mol. The standard InChI is InChI=1S/C40H60N2O7S/c1-3-4-5-6-7-8-11-14-18-21-28-42-40(46)36-29-35(30-37(31-36)50(47,48)49)38(44)22-19-16-13-10-9-12-15-17-20-27-41-39(45)34-25-23-33(24-26-34)32(2)43/h23-26,29-31H,3-22,27-28H2,1-2H3,(H,41,45)(H,42,46)(H,47,48,49). The molecule has 2 rings (SSSR count). The number of rotatable bonds is 28. The Morgan fingerprint density at radius 2 is 0.940 bits per heavy atom. The molecule has 0 atom stereocenters. The first-order valence-electron chi connectivity index (χ1n) is 18.9. The Hall–Kier alpha value is -3.37. The molecule has 0 radical (unpaired) electrons. The molecule has 0 spiro atoms. The molecule has 0 aliphatic heterocycles. The summed E-state index contributed by atoms with van der Waals surface area (Å²) >= 11 is 0. The van der Waals surface area contributed by atoms with Crippen LogP contribution in [0.5, 0.6) is 0 Å². The Morgan fingerprint density at radius 1 is 0.540 bits per heavy atom. The summed E-state index contributed by atoms with van der Waals surface area (Å²) in [5, 5.41) is 5.74. The van der Waals surface area contributed by atoms with Gasteiger partial charge in [-0.05, 0) is 56.5 Å². The molecular weight excluding hydrogens is 653 g/mol. The van der Waals surface area contributed by atoms with Crippen molar-refractivity contribution in [3.63, 3.8) is 0 Å². The summed E-state index contributed by atoms with van der Waals surface area (Å²) in [6.45, 7) is 4.79. The van der Waals surface area contributed by atoms with Gasteiger partial charge in [0, 0.05) is 41.8 Å². The molecule has 0 unspecified atom stereocenters. The van der Waals surface area contributed by atoms with E-state index in [9.17, 15) is 32.1 Å². The van der Waals surface area contributed by atoms with Crippen LogP contribution in [-0.2, 0) is 10.1 Å². The minimum absolute atomic E-state index is 0.0274. The number of carbonyl (C=O) groups is 4. The number of ketones is 2. The number of nitrogens with one attached hydrogen (secondary N) is 2. The van der Waals surface area contributed by atoms with Gasteiger partial charge in [0.25, 0.3) is 21.9 Å². The van der Waals surface area contributed by atoms with E-state index < -0.39 is 20.9 Å². The van der Waals surface area contributed by atoms with Crippen LogP contribution in [0.3, 0.4) is 0 Å². The predicted octanol–water partition coefficient (Wildman–Crippen LogP) is 9.30. The van der Waals surface area contributed by atoms with Crippen LogP contribution in [0.2, 0.25) is 0 Å². The summed E-state index contributed by atoms with van der Waals surface area (Å²) in [7, 11) is -4.59. The van der Waals surface area contributed by atoms with Crippen LogP contribution in [-0.4, -0.2) is 49.4 Å². The SMILES string of the molecule is CCCCCCCCCCCCNC(=O)c1cc(C(=O)CCCCCCCCCCCNC(=O)c2ccc(C(C)=O)cc2)cc(S(=O)(=O)O)c1. The lowest BCUT2D eigenvalue weighted by Crippen LogP contribution is -2.25. The number of carbonyl (C=O) groups excluding carboxylic acids is 4. The van der Waals surface area contributed by atoms with Crippen LogP contribution >= 0.6 is 0 Å². The van der Waals surface area contributed by atoms with Crippen molar-refractivity contribution < 1.29 is 32.1 Å². The molecule has 0 bridgehead atoms. The molecular formula is C40H60N2O7S. The maximum atomic E-state index is 12.9. The summed E-state index contributed by atoms with van der Waals surface area (Å²) in [5.41, 5.74) is 1.31. The van der Waals surface area contributed by atoms with E-state index in [2.05, 4.69) is 17.6 Å². The molecule has 3 N–H and O–H groups in total. The fourth-order valence-electron chi connectivity index (χ4n) is 5.91. The zero-order valence-corrected chi connectivity index (χ0v) is 31.2. The second kappa shape index (κ2) is 24.7. The van der Waals surface area contributed by atoms with Gasteiger partial charge in [-0.2, -0.15) is 8.42 Å².